The quantitative estimate of drug-likeness (QED) is 0.685. The first kappa shape index (κ1) is 20.8. The van der Waals surface area contributed by atoms with Crippen molar-refractivity contribution in [3.63, 3.8) is 0 Å². The Morgan fingerprint density at radius 1 is 1.03 bits per heavy atom. The molecule has 1 fully saturated rings. The smallest absolute Gasteiger partial charge is 0.318 e. The first-order valence-corrected chi connectivity index (χ1v) is 10.4. The van der Waals surface area contributed by atoms with Crippen LogP contribution in [0.5, 0.6) is 5.75 Å². The van der Waals surface area contributed by atoms with E-state index < -0.39 is 0 Å². The number of hydrogen-bond donors (Lipinski definition) is 1. The molecule has 8 nitrogen and oxygen atoms in total. The van der Waals surface area contributed by atoms with Crippen LogP contribution in [0.3, 0.4) is 0 Å². The van der Waals surface area contributed by atoms with Crippen molar-refractivity contribution in [2.45, 2.75) is 26.8 Å². The molecule has 1 saturated heterocycles. The predicted octanol–water partition coefficient (Wildman–Crippen LogP) is 3.88. The maximum absolute atomic E-state index is 12.8. The molecule has 1 aliphatic rings. The second-order valence-electron chi connectivity index (χ2n) is 7.81. The summed E-state index contributed by atoms with van der Waals surface area (Å²) in [6.45, 7) is 7.53. The molecule has 1 aliphatic heterocycles. The molecule has 8 heteroatoms. The Labute approximate surface area is 180 Å². The van der Waals surface area contributed by atoms with Gasteiger partial charge in [-0.05, 0) is 51.1 Å². The van der Waals surface area contributed by atoms with Crippen LogP contribution >= 0.6 is 0 Å². The molecule has 3 heterocycles. The van der Waals surface area contributed by atoms with Gasteiger partial charge in [0, 0.05) is 37.1 Å². The molecule has 3 amide bonds. The molecule has 1 unspecified atom stereocenters. The lowest BCUT2D eigenvalue weighted by Crippen LogP contribution is -2.53. The Kier molecular flexibility index (Phi) is 5.63. The van der Waals surface area contributed by atoms with Gasteiger partial charge in [0.15, 0.2) is 5.76 Å². The Bertz CT molecular complexity index is 1110. The van der Waals surface area contributed by atoms with Gasteiger partial charge in [0.25, 0.3) is 5.91 Å². The van der Waals surface area contributed by atoms with Crippen LogP contribution in [0.4, 0.5) is 4.79 Å². The lowest BCUT2D eigenvalue weighted by molar-refractivity contribution is 0.0631. The number of carbonyl (C=O) groups excluding carboxylic acids is 2. The van der Waals surface area contributed by atoms with Gasteiger partial charge in [0.2, 0.25) is 0 Å². The second-order valence-corrected chi connectivity index (χ2v) is 7.81. The lowest BCUT2D eigenvalue weighted by atomic mass is 10.1. The highest BCUT2D eigenvalue weighted by Gasteiger charge is 2.28. The van der Waals surface area contributed by atoms with E-state index in [0.717, 1.165) is 28.0 Å². The molecule has 0 aliphatic carbocycles. The van der Waals surface area contributed by atoms with Crippen molar-refractivity contribution in [3.05, 3.63) is 53.2 Å². The monoisotopic (exact) mass is 425 g/mol. The molecule has 3 aromatic rings. The number of benzene rings is 1. The van der Waals surface area contributed by atoms with Crippen LogP contribution in [0.25, 0.3) is 11.0 Å². The van der Waals surface area contributed by atoms with Gasteiger partial charge >= 0.3 is 6.03 Å². The van der Waals surface area contributed by atoms with Gasteiger partial charge in [0.05, 0.1) is 13.2 Å². The minimum Gasteiger partial charge on any atom is -0.497 e. The molecule has 0 spiro atoms. The number of urea groups is 1. The number of fused-ring (bicyclic) bond motifs is 1. The van der Waals surface area contributed by atoms with Gasteiger partial charge < -0.3 is 28.7 Å². The topological polar surface area (TPSA) is 88.2 Å². The minimum absolute atomic E-state index is 0.144. The molecule has 164 valence electrons. The van der Waals surface area contributed by atoms with Crippen molar-refractivity contribution in [3.8, 4) is 5.75 Å². The number of nitrogens with one attached hydrogen (secondary N) is 1. The van der Waals surface area contributed by atoms with Crippen LogP contribution in [-0.4, -0.2) is 55.0 Å². The van der Waals surface area contributed by atoms with E-state index in [1.807, 2.05) is 32.0 Å². The largest absolute Gasteiger partial charge is 0.497 e. The molecule has 1 atom stereocenters. The first-order valence-electron chi connectivity index (χ1n) is 10.4. The van der Waals surface area contributed by atoms with Crippen molar-refractivity contribution in [2.24, 2.45) is 0 Å². The minimum atomic E-state index is -0.295. The van der Waals surface area contributed by atoms with Gasteiger partial charge in [-0.25, -0.2) is 4.79 Å². The number of methoxy groups -OCH3 is 1. The third kappa shape index (κ3) is 4.10. The summed E-state index contributed by atoms with van der Waals surface area (Å²) in [5.41, 5.74) is 1.74. The maximum Gasteiger partial charge on any atom is 0.318 e. The summed E-state index contributed by atoms with van der Waals surface area (Å²) >= 11 is 0. The van der Waals surface area contributed by atoms with Crippen molar-refractivity contribution < 1.29 is 23.2 Å². The SMILES string of the molecule is COc1ccc2oc(C(C)NC(=O)N3CCN(C(=O)c4ccc(C)o4)CC3)c(C)c2c1. The van der Waals surface area contributed by atoms with Crippen LogP contribution in [0.1, 0.15) is 40.6 Å². The molecule has 4 rings (SSSR count). The molecule has 1 N–H and O–H groups in total. The Morgan fingerprint density at radius 2 is 1.74 bits per heavy atom. The summed E-state index contributed by atoms with van der Waals surface area (Å²) in [6.07, 6.45) is 0. The van der Waals surface area contributed by atoms with E-state index in [1.54, 1.807) is 36.0 Å². The fourth-order valence-electron chi connectivity index (χ4n) is 3.92. The zero-order chi connectivity index (χ0) is 22.1. The molecule has 0 saturated carbocycles. The summed E-state index contributed by atoms with van der Waals surface area (Å²) in [7, 11) is 1.63. The third-order valence-corrected chi connectivity index (χ3v) is 5.72. The Morgan fingerprint density at radius 3 is 2.39 bits per heavy atom. The van der Waals surface area contributed by atoms with Crippen LogP contribution in [0.15, 0.2) is 39.2 Å². The van der Waals surface area contributed by atoms with Crippen LogP contribution in [0.2, 0.25) is 0 Å². The molecular weight excluding hydrogens is 398 g/mol. The number of carbonyl (C=O) groups is 2. The number of ether oxygens (including phenoxy) is 1. The van der Waals surface area contributed by atoms with Gasteiger partial charge in [-0.3, -0.25) is 4.79 Å². The van der Waals surface area contributed by atoms with Crippen molar-refractivity contribution in [1.29, 1.82) is 0 Å². The summed E-state index contributed by atoms with van der Waals surface area (Å²) in [6, 6.07) is 8.64. The molecular formula is C23H27N3O5. The van der Waals surface area contributed by atoms with Crippen molar-refractivity contribution in [2.75, 3.05) is 33.3 Å². The average Bonchev–Trinajstić information content (AvgIpc) is 3.36. The van der Waals surface area contributed by atoms with Gasteiger partial charge in [-0.15, -0.1) is 0 Å². The number of furan rings is 2. The highest BCUT2D eigenvalue weighted by Crippen LogP contribution is 2.32. The average molecular weight is 425 g/mol. The van der Waals surface area contributed by atoms with E-state index in [4.69, 9.17) is 13.6 Å². The summed E-state index contributed by atoms with van der Waals surface area (Å²) < 4.78 is 16.7. The summed E-state index contributed by atoms with van der Waals surface area (Å²) in [5, 5.41) is 3.98. The van der Waals surface area contributed by atoms with Crippen molar-refractivity contribution >= 4 is 22.9 Å². The fourth-order valence-corrected chi connectivity index (χ4v) is 3.92. The summed E-state index contributed by atoms with van der Waals surface area (Å²) in [5.74, 6) is 2.38. The van der Waals surface area contributed by atoms with Crippen LogP contribution in [-0.2, 0) is 0 Å². The van der Waals surface area contributed by atoms with E-state index in [9.17, 15) is 9.59 Å². The van der Waals surface area contributed by atoms with E-state index in [1.165, 1.54) is 0 Å². The van der Waals surface area contributed by atoms with E-state index >= 15 is 0 Å². The highest BCUT2D eigenvalue weighted by atomic mass is 16.5. The van der Waals surface area contributed by atoms with Crippen LogP contribution in [0, 0.1) is 13.8 Å². The standard InChI is InChI=1S/C23H27N3O5/c1-14-5-7-20(30-14)22(27)25-9-11-26(12-10-25)23(28)24-16(3)21-15(2)18-13-17(29-4)6-8-19(18)31-21/h5-8,13,16H,9-12H2,1-4H3,(H,24,28). The Hall–Kier alpha value is -3.42. The van der Waals surface area contributed by atoms with Gasteiger partial charge in [-0.1, -0.05) is 0 Å². The van der Waals surface area contributed by atoms with Gasteiger partial charge in [-0.2, -0.15) is 0 Å². The van der Waals surface area contributed by atoms with Crippen molar-refractivity contribution in [1.82, 2.24) is 15.1 Å². The fraction of sp³-hybridized carbons (Fsp3) is 0.391. The molecule has 0 bridgehead atoms. The zero-order valence-corrected chi connectivity index (χ0v) is 18.2. The first-order chi connectivity index (χ1) is 14.9. The van der Waals surface area contributed by atoms with Gasteiger partial charge in [0.1, 0.15) is 22.9 Å². The number of piperazine rings is 1. The molecule has 2 aromatic heterocycles. The predicted molar refractivity (Wildman–Crippen MR) is 115 cm³/mol. The normalized spacial score (nSPS) is 15.2. The number of aryl methyl sites for hydroxylation is 2. The number of rotatable bonds is 4. The number of amides is 3. The van der Waals surface area contributed by atoms with E-state index in [2.05, 4.69) is 5.32 Å². The molecule has 0 radical (unpaired) electrons. The maximum atomic E-state index is 12.8. The summed E-state index contributed by atoms with van der Waals surface area (Å²) in [4.78, 5) is 28.7. The zero-order valence-electron chi connectivity index (χ0n) is 18.2. The highest BCUT2D eigenvalue weighted by molar-refractivity contribution is 5.91. The Balaban J connectivity index is 1.37. The molecule has 31 heavy (non-hydrogen) atoms. The third-order valence-electron chi connectivity index (χ3n) is 5.72. The number of hydrogen-bond acceptors (Lipinski definition) is 5. The van der Waals surface area contributed by atoms with E-state index in [0.29, 0.717) is 37.7 Å². The molecule has 1 aromatic carbocycles. The van der Waals surface area contributed by atoms with Crippen LogP contribution < -0.4 is 10.1 Å². The van der Waals surface area contributed by atoms with E-state index in [-0.39, 0.29) is 18.0 Å². The lowest BCUT2D eigenvalue weighted by Gasteiger charge is -2.34. The second kappa shape index (κ2) is 8.37. The number of nitrogens with zero attached hydrogens (tertiary/aromatic N) is 2.